The van der Waals surface area contributed by atoms with Gasteiger partial charge in [-0.05, 0) is 62.2 Å². The predicted octanol–water partition coefficient (Wildman–Crippen LogP) is 3.02. The van der Waals surface area contributed by atoms with E-state index in [0.29, 0.717) is 31.1 Å². The van der Waals surface area contributed by atoms with Crippen LogP contribution in [0.15, 0.2) is 52.3 Å². The van der Waals surface area contributed by atoms with E-state index >= 15 is 0 Å². The van der Waals surface area contributed by atoms with E-state index in [1.807, 2.05) is 6.92 Å². The maximum Gasteiger partial charge on any atom is 0.243 e. The number of carbonyl (C=O) groups is 1. The van der Waals surface area contributed by atoms with Gasteiger partial charge in [-0.15, -0.1) is 0 Å². The van der Waals surface area contributed by atoms with Crippen molar-refractivity contribution in [2.75, 3.05) is 49.5 Å². The lowest BCUT2D eigenvalue weighted by molar-refractivity contribution is -0.116. The van der Waals surface area contributed by atoms with Crippen LogP contribution >= 0.6 is 0 Å². The molecule has 1 saturated heterocycles. The average molecular weight is 553 g/mol. The highest BCUT2D eigenvalue weighted by molar-refractivity contribution is 7.89. The molecule has 2 aromatic carbocycles. The van der Waals surface area contributed by atoms with Gasteiger partial charge in [-0.1, -0.05) is 13.8 Å². The van der Waals surface area contributed by atoms with Gasteiger partial charge in [0.15, 0.2) is 0 Å². The molecule has 1 fully saturated rings. The molecular formula is C25H36N4O6S2. The van der Waals surface area contributed by atoms with Crippen molar-refractivity contribution in [2.24, 2.45) is 0 Å². The van der Waals surface area contributed by atoms with Crippen LogP contribution in [0.4, 0.5) is 11.4 Å². The molecule has 204 valence electrons. The van der Waals surface area contributed by atoms with E-state index in [4.69, 9.17) is 4.74 Å². The Morgan fingerprint density at radius 1 is 0.946 bits per heavy atom. The number of ether oxygens (including phenoxy) is 1. The third kappa shape index (κ3) is 7.22. The molecule has 2 aromatic rings. The molecule has 0 saturated carbocycles. The molecule has 0 unspecified atom stereocenters. The topological polar surface area (TPSA) is 125 Å². The molecule has 0 bridgehead atoms. The summed E-state index contributed by atoms with van der Waals surface area (Å²) < 4.78 is 60.4. The molecule has 0 atom stereocenters. The van der Waals surface area contributed by atoms with Crippen LogP contribution in [0.5, 0.6) is 5.75 Å². The Hall–Kier alpha value is -2.67. The second-order valence-electron chi connectivity index (χ2n) is 8.56. The molecule has 0 spiro atoms. The van der Waals surface area contributed by atoms with Crippen molar-refractivity contribution < 1.29 is 26.4 Å². The summed E-state index contributed by atoms with van der Waals surface area (Å²) in [6.45, 7) is 8.05. The van der Waals surface area contributed by atoms with E-state index in [1.54, 1.807) is 38.1 Å². The number of sulfonamides is 2. The van der Waals surface area contributed by atoms with Crippen molar-refractivity contribution in [1.29, 1.82) is 0 Å². The van der Waals surface area contributed by atoms with E-state index in [-0.39, 0.29) is 22.8 Å². The number of hydrogen-bond acceptors (Lipinski definition) is 7. The summed E-state index contributed by atoms with van der Waals surface area (Å²) >= 11 is 0. The fourth-order valence-electron chi connectivity index (χ4n) is 4.20. The maximum absolute atomic E-state index is 13.1. The minimum Gasteiger partial charge on any atom is -0.494 e. The summed E-state index contributed by atoms with van der Waals surface area (Å²) in [6.07, 6.45) is 1.91. The van der Waals surface area contributed by atoms with Gasteiger partial charge in [0, 0.05) is 39.1 Å². The normalized spacial score (nSPS) is 14.2. The number of hydrogen-bond donors (Lipinski definition) is 2. The first-order chi connectivity index (χ1) is 17.6. The Morgan fingerprint density at radius 3 is 2.16 bits per heavy atom. The van der Waals surface area contributed by atoms with Crippen LogP contribution in [0.25, 0.3) is 0 Å². The van der Waals surface area contributed by atoms with E-state index in [1.165, 1.54) is 22.5 Å². The minimum atomic E-state index is -3.80. The Bertz CT molecular complexity index is 1270. The van der Waals surface area contributed by atoms with Crippen LogP contribution in [0.3, 0.4) is 0 Å². The highest BCUT2D eigenvalue weighted by Crippen LogP contribution is 2.32. The summed E-state index contributed by atoms with van der Waals surface area (Å²) in [6, 6.07) is 10.8. The fraction of sp³-hybridized carbons (Fsp3) is 0.480. The number of rotatable bonds is 13. The zero-order chi connectivity index (χ0) is 27.1. The molecule has 37 heavy (non-hydrogen) atoms. The molecule has 1 aliphatic heterocycles. The molecular weight excluding hydrogens is 516 g/mol. The van der Waals surface area contributed by atoms with Gasteiger partial charge in [-0.2, -0.15) is 4.31 Å². The largest absolute Gasteiger partial charge is 0.494 e. The van der Waals surface area contributed by atoms with Crippen molar-refractivity contribution in [3.05, 3.63) is 42.5 Å². The van der Waals surface area contributed by atoms with E-state index in [0.717, 1.165) is 31.6 Å². The van der Waals surface area contributed by atoms with Gasteiger partial charge >= 0.3 is 0 Å². The van der Waals surface area contributed by atoms with Crippen LogP contribution in [-0.2, 0) is 24.8 Å². The lowest BCUT2D eigenvalue weighted by Gasteiger charge is -2.24. The van der Waals surface area contributed by atoms with Gasteiger partial charge < -0.3 is 15.0 Å². The monoisotopic (exact) mass is 552 g/mol. The van der Waals surface area contributed by atoms with E-state index < -0.39 is 26.0 Å². The molecule has 1 aliphatic rings. The number of anilines is 2. The number of amides is 1. The fourth-order valence-corrected chi connectivity index (χ4v) is 6.72. The van der Waals surface area contributed by atoms with Crippen LogP contribution in [0.2, 0.25) is 0 Å². The van der Waals surface area contributed by atoms with E-state index in [2.05, 4.69) is 14.9 Å². The summed E-state index contributed by atoms with van der Waals surface area (Å²) in [5, 5.41) is 2.81. The smallest absolute Gasteiger partial charge is 0.243 e. The second-order valence-corrected chi connectivity index (χ2v) is 12.3. The van der Waals surface area contributed by atoms with Gasteiger partial charge in [0.05, 0.1) is 27.8 Å². The Kier molecular flexibility index (Phi) is 9.93. The quantitative estimate of drug-likeness (QED) is 0.391. The zero-order valence-electron chi connectivity index (χ0n) is 21.6. The second kappa shape index (κ2) is 12.7. The summed E-state index contributed by atoms with van der Waals surface area (Å²) in [4.78, 5) is 15.1. The molecule has 0 radical (unpaired) electrons. The highest BCUT2D eigenvalue weighted by atomic mass is 32.2. The van der Waals surface area contributed by atoms with Gasteiger partial charge in [-0.25, -0.2) is 21.6 Å². The van der Waals surface area contributed by atoms with Crippen LogP contribution in [-0.4, -0.2) is 66.4 Å². The third-order valence-corrected chi connectivity index (χ3v) is 9.64. The van der Waals surface area contributed by atoms with Gasteiger partial charge in [-0.3, -0.25) is 4.79 Å². The molecule has 0 aromatic heterocycles. The van der Waals surface area contributed by atoms with Crippen molar-refractivity contribution >= 4 is 37.3 Å². The first-order valence-electron chi connectivity index (χ1n) is 12.5. The summed E-state index contributed by atoms with van der Waals surface area (Å²) in [7, 11) is -7.51. The lowest BCUT2D eigenvalue weighted by atomic mass is 10.2. The summed E-state index contributed by atoms with van der Waals surface area (Å²) in [5.74, 6) is 0.145. The molecule has 0 aliphatic carbocycles. The highest BCUT2D eigenvalue weighted by Gasteiger charge is 2.25. The first-order valence-corrected chi connectivity index (χ1v) is 15.5. The third-order valence-electron chi connectivity index (χ3n) is 6.12. The lowest BCUT2D eigenvalue weighted by Crippen LogP contribution is -2.31. The molecule has 12 heteroatoms. The van der Waals surface area contributed by atoms with E-state index in [9.17, 15) is 21.6 Å². The Balaban J connectivity index is 1.72. The van der Waals surface area contributed by atoms with Crippen molar-refractivity contribution in [3.63, 3.8) is 0 Å². The van der Waals surface area contributed by atoms with Gasteiger partial charge in [0.1, 0.15) is 5.75 Å². The van der Waals surface area contributed by atoms with Crippen LogP contribution in [0, 0.1) is 0 Å². The number of carbonyl (C=O) groups excluding carboxylic acids is 1. The average Bonchev–Trinajstić information content (AvgIpc) is 3.40. The van der Waals surface area contributed by atoms with Crippen molar-refractivity contribution in [3.8, 4) is 5.75 Å². The zero-order valence-corrected chi connectivity index (χ0v) is 23.2. The minimum absolute atomic E-state index is 0.0713. The molecule has 10 nitrogen and oxygen atoms in total. The van der Waals surface area contributed by atoms with Gasteiger partial charge in [0.25, 0.3) is 0 Å². The predicted molar refractivity (Wildman–Crippen MR) is 144 cm³/mol. The number of nitrogens with zero attached hydrogens (tertiary/aromatic N) is 2. The Morgan fingerprint density at radius 2 is 1.57 bits per heavy atom. The molecule has 2 N–H and O–H groups in total. The molecule has 1 heterocycles. The number of benzene rings is 2. The Labute approximate surface area is 220 Å². The first kappa shape index (κ1) is 28.9. The van der Waals surface area contributed by atoms with Crippen LogP contribution < -0.4 is 19.7 Å². The van der Waals surface area contributed by atoms with Crippen LogP contribution in [0.1, 0.15) is 40.0 Å². The standard InChI is InChI=1S/C25H36N4O6S2/c1-4-29(5-2)37(33,34)22-13-14-24(28-17-7-8-18-28)23(19-22)27-25(30)15-16-26-36(31,32)21-11-9-20(10-12-21)35-6-3/h9-14,19,26H,4-8,15-18H2,1-3H3,(H,27,30). The van der Waals surface area contributed by atoms with Crippen molar-refractivity contribution in [2.45, 2.75) is 49.8 Å². The van der Waals surface area contributed by atoms with Crippen molar-refractivity contribution in [1.82, 2.24) is 9.03 Å². The van der Waals surface area contributed by atoms with Gasteiger partial charge in [0.2, 0.25) is 26.0 Å². The summed E-state index contributed by atoms with van der Waals surface area (Å²) in [5.41, 5.74) is 1.15. The molecule has 3 rings (SSSR count). The number of nitrogens with one attached hydrogen (secondary N) is 2. The SMILES string of the molecule is CCOc1ccc(S(=O)(=O)NCCC(=O)Nc2cc(S(=O)(=O)N(CC)CC)ccc2N2CCCC2)cc1. The maximum atomic E-state index is 13.1. The molecule has 1 amide bonds.